The van der Waals surface area contributed by atoms with Crippen LogP contribution in [0, 0.1) is 17.0 Å². The molecular weight excluding hydrogens is 288 g/mol. The SMILES string of the molecule is Cc1cc(NCCCNC(=O)OC(C)(C)C)ncc1[N+](=O)[O-]. The predicted octanol–water partition coefficient (Wildman–Crippen LogP) is 2.62. The van der Waals surface area contributed by atoms with Gasteiger partial charge in [0, 0.05) is 18.7 Å². The average molecular weight is 310 g/mol. The van der Waals surface area contributed by atoms with E-state index < -0.39 is 16.6 Å². The average Bonchev–Trinajstić information content (AvgIpc) is 2.35. The Morgan fingerprint density at radius 3 is 2.64 bits per heavy atom. The first-order chi connectivity index (χ1) is 10.2. The van der Waals surface area contributed by atoms with Crippen molar-refractivity contribution in [3.63, 3.8) is 0 Å². The number of hydrogen-bond acceptors (Lipinski definition) is 6. The Labute approximate surface area is 129 Å². The summed E-state index contributed by atoms with van der Waals surface area (Å²) in [7, 11) is 0. The zero-order valence-corrected chi connectivity index (χ0v) is 13.3. The van der Waals surface area contributed by atoms with E-state index >= 15 is 0 Å². The molecule has 22 heavy (non-hydrogen) atoms. The van der Waals surface area contributed by atoms with Crippen LogP contribution in [0.5, 0.6) is 0 Å². The highest BCUT2D eigenvalue weighted by molar-refractivity contribution is 5.67. The minimum absolute atomic E-state index is 0.00265. The number of alkyl carbamates (subject to hydrolysis) is 1. The van der Waals surface area contributed by atoms with E-state index in [-0.39, 0.29) is 5.69 Å². The second-order valence-corrected chi connectivity index (χ2v) is 5.82. The van der Waals surface area contributed by atoms with E-state index in [1.54, 1.807) is 33.8 Å². The fourth-order valence-electron chi connectivity index (χ4n) is 1.65. The molecule has 0 aliphatic rings. The van der Waals surface area contributed by atoms with E-state index in [1.807, 2.05) is 0 Å². The molecule has 1 heterocycles. The molecule has 0 saturated carbocycles. The number of nitrogens with zero attached hydrogens (tertiary/aromatic N) is 2. The molecule has 1 rings (SSSR count). The fourth-order valence-corrected chi connectivity index (χ4v) is 1.65. The van der Waals surface area contributed by atoms with Crippen LogP contribution < -0.4 is 10.6 Å². The van der Waals surface area contributed by atoms with E-state index in [2.05, 4.69) is 15.6 Å². The summed E-state index contributed by atoms with van der Waals surface area (Å²) in [5, 5.41) is 16.4. The van der Waals surface area contributed by atoms with Crippen LogP contribution in [-0.2, 0) is 4.74 Å². The van der Waals surface area contributed by atoms with Gasteiger partial charge in [-0.05, 0) is 40.2 Å². The Kier molecular flexibility index (Phi) is 6.09. The summed E-state index contributed by atoms with van der Waals surface area (Å²) in [6.07, 6.45) is 1.46. The van der Waals surface area contributed by atoms with Crippen LogP contribution in [0.4, 0.5) is 16.3 Å². The molecule has 8 heteroatoms. The van der Waals surface area contributed by atoms with Crippen molar-refractivity contribution in [3.8, 4) is 0 Å². The molecule has 1 aromatic rings. The first-order valence-electron chi connectivity index (χ1n) is 7.01. The summed E-state index contributed by atoms with van der Waals surface area (Å²) in [5.41, 5.74) is 0.0363. The van der Waals surface area contributed by atoms with Gasteiger partial charge in [-0.2, -0.15) is 0 Å². The molecule has 0 atom stereocenters. The number of nitrogens with one attached hydrogen (secondary N) is 2. The number of rotatable bonds is 6. The van der Waals surface area contributed by atoms with Gasteiger partial charge in [0.25, 0.3) is 5.69 Å². The second-order valence-electron chi connectivity index (χ2n) is 5.82. The maximum absolute atomic E-state index is 11.4. The van der Waals surface area contributed by atoms with Crippen LogP contribution in [0.15, 0.2) is 12.3 Å². The van der Waals surface area contributed by atoms with E-state index in [0.717, 1.165) is 0 Å². The highest BCUT2D eigenvalue weighted by atomic mass is 16.6. The Balaban J connectivity index is 2.29. The fraction of sp³-hybridized carbons (Fsp3) is 0.571. The third-order valence-corrected chi connectivity index (χ3v) is 2.61. The van der Waals surface area contributed by atoms with Crippen LogP contribution in [0.3, 0.4) is 0 Å². The third-order valence-electron chi connectivity index (χ3n) is 2.61. The lowest BCUT2D eigenvalue weighted by Gasteiger charge is -2.19. The number of carbonyl (C=O) groups excluding carboxylic acids is 1. The lowest BCUT2D eigenvalue weighted by Crippen LogP contribution is -2.33. The van der Waals surface area contributed by atoms with Gasteiger partial charge in [-0.15, -0.1) is 0 Å². The summed E-state index contributed by atoms with van der Waals surface area (Å²) in [4.78, 5) is 25.6. The van der Waals surface area contributed by atoms with Crippen molar-refractivity contribution in [2.24, 2.45) is 0 Å². The maximum atomic E-state index is 11.4. The minimum Gasteiger partial charge on any atom is -0.444 e. The van der Waals surface area contributed by atoms with E-state index in [0.29, 0.717) is 30.9 Å². The quantitative estimate of drug-likeness (QED) is 0.475. The van der Waals surface area contributed by atoms with Crippen molar-refractivity contribution in [2.45, 2.75) is 39.7 Å². The number of aromatic nitrogens is 1. The van der Waals surface area contributed by atoms with Crippen LogP contribution in [0.2, 0.25) is 0 Å². The van der Waals surface area contributed by atoms with E-state index in [9.17, 15) is 14.9 Å². The Hall–Kier alpha value is -2.38. The van der Waals surface area contributed by atoms with Gasteiger partial charge in [0.05, 0.1) is 4.92 Å². The maximum Gasteiger partial charge on any atom is 0.407 e. The van der Waals surface area contributed by atoms with Crippen LogP contribution in [0.1, 0.15) is 32.8 Å². The normalized spacial score (nSPS) is 10.9. The number of aryl methyl sites for hydroxylation is 1. The first-order valence-corrected chi connectivity index (χ1v) is 7.01. The van der Waals surface area contributed by atoms with Crippen molar-refractivity contribution in [2.75, 3.05) is 18.4 Å². The lowest BCUT2D eigenvalue weighted by atomic mass is 10.2. The Bertz CT molecular complexity index is 540. The molecule has 0 bridgehead atoms. The molecule has 0 unspecified atom stereocenters. The summed E-state index contributed by atoms with van der Waals surface area (Å²) in [6, 6.07) is 1.62. The first kappa shape index (κ1) is 17.7. The zero-order chi connectivity index (χ0) is 16.8. The summed E-state index contributed by atoms with van der Waals surface area (Å²) >= 11 is 0. The van der Waals surface area contributed by atoms with E-state index in [4.69, 9.17) is 4.74 Å². The molecule has 1 aromatic heterocycles. The molecule has 0 aliphatic heterocycles. The van der Waals surface area contributed by atoms with Gasteiger partial charge < -0.3 is 15.4 Å². The minimum atomic E-state index is -0.511. The Morgan fingerprint density at radius 2 is 2.09 bits per heavy atom. The molecule has 0 aliphatic carbocycles. The van der Waals surface area contributed by atoms with Crippen molar-refractivity contribution >= 4 is 17.6 Å². The molecule has 8 nitrogen and oxygen atoms in total. The highest BCUT2D eigenvalue weighted by Crippen LogP contribution is 2.18. The summed E-state index contributed by atoms with van der Waals surface area (Å²) < 4.78 is 5.11. The van der Waals surface area contributed by atoms with Crippen LogP contribution in [0.25, 0.3) is 0 Å². The Morgan fingerprint density at radius 1 is 1.41 bits per heavy atom. The van der Waals surface area contributed by atoms with Crippen molar-refractivity contribution < 1.29 is 14.5 Å². The molecule has 2 N–H and O–H groups in total. The largest absolute Gasteiger partial charge is 0.444 e. The van der Waals surface area contributed by atoms with Crippen molar-refractivity contribution in [1.82, 2.24) is 10.3 Å². The molecule has 0 radical (unpaired) electrons. The van der Waals surface area contributed by atoms with Crippen molar-refractivity contribution in [1.29, 1.82) is 0 Å². The van der Waals surface area contributed by atoms with Gasteiger partial charge in [0.15, 0.2) is 0 Å². The molecule has 0 aromatic carbocycles. The monoisotopic (exact) mass is 310 g/mol. The number of carbonyl (C=O) groups is 1. The molecule has 0 fully saturated rings. The van der Waals surface area contributed by atoms with Crippen molar-refractivity contribution in [3.05, 3.63) is 27.9 Å². The number of amides is 1. The molecule has 122 valence electrons. The highest BCUT2D eigenvalue weighted by Gasteiger charge is 2.15. The van der Waals surface area contributed by atoms with Gasteiger partial charge >= 0.3 is 6.09 Å². The van der Waals surface area contributed by atoms with Gasteiger partial charge in [-0.1, -0.05) is 0 Å². The van der Waals surface area contributed by atoms with E-state index in [1.165, 1.54) is 6.20 Å². The standard InChI is InChI=1S/C14H22N4O4/c1-10-8-12(17-9-11(10)18(20)21)15-6-5-7-16-13(19)22-14(2,3)4/h8-9H,5-7H2,1-4H3,(H,15,17)(H,16,19). The number of nitro groups is 1. The van der Waals surface area contributed by atoms with Gasteiger partial charge in [-0.25, -0.2) is 9.78 Å². The van der Waals surface area contributed by atoms with Gasteiger partial charge in [0.2, 0.25) is 0 Å². The third kappa shape index (κ3) is 6.38. The topological polar surface area (TPSA) is 106 Å². The number of hydrogen-bond donors (Lipinski definition) is 2. The predicted molar refractivity (Wildman–Crippen MR) is 83.0 cm³/mol. The summed E-state index contributed by atoms with van der Waals surface area (Å²) in [5.74, 6) is 0.570. The number of ether oxygens (including phenoxy) is 1. The van der Waals surface area contributed by atoms with Crippen LogP contribution >= 0.6 is 0 Å². The molecular formula is C14H22N4O4. The lowest BCUT2D eigenvalue weighted by molar-refractivity contribution is -0.385. The summed E-state index contributed by atoms with van der Waals surface area (Å²) in [6.45, 7) is 8.12. The van der Waals surface area contributed by atoms with Crippen LogP contribution in [-0.4, -0.2) is 34.7 Å². The number of pyridine rings is 1. The van der Waals surface area contributed by atoms with Gasteiger partial charge in [0.1, 0.15) is 17.6 Å². The van der Waals surface area contributed by atoms with Gasteiger partial charge in [-0.3, -0.25) is 10.1 Å². The molecule has 0 spiro atoms. The zero-order valence-electron chi connectivity index (χ0n) is 13.3. The number of anilines is 1. The smallest absolute Gasteiger partial charge is 0.407 e. The molecule has 1 amide bonds. The second kappa shape index (κ2) is 7.58. The molecule has 0 saturated heterocycles.